The molecule has 0 bridgehead atoms. The number of aliphatic imine (C=N–C) groups is 1. The highest BCUT2D eigenvalue weighted by molar-refractivity contribution is 5.86. The van der Waals surface area contributed by atoms with Crippen LogP contribution in [0.2, 0.25) is 0 Å². The molecule has 32 heavy (non-hydrogen) atoms. The number of nitrogens with one attached hydrogen (secondary N) is 2. The average Bonchev–Trinajstić information content (AvgIpc) is 2.79. The first-order valence-electron chi connectivity index (χ1n) is 10.5. The van der Waals surface area contributed by atoms with Crippen molar-refractivity contribution in [1.29, 1.82) is 0 Å². The molecule has 1 heterocycles. The van der Waals surface area contributed by atoms with Gasteiger partial charge in [-0.1, -0.05) is 36.4 Å². The Kier molecular flexibility index (Phi) is 7.97. The van der Waals surface area contributed by atoms with Gasteiger partial charge in [0.1, 0.15) is 5.75 Å². The monoisotopic (exact) mass is 448 g/mol. The third-order valence-corrected chi connectivity index (χ3v) is 4.98. The lowest BCUT2D eigenvalue weighted by Gasteiger charge is -2.29. The predicted molar refractivity (Wildman–Crippen MR) is 116 cm³/mol. The van der Waals surface area contributed by atoms with E-state index >= 15 is 0 Å². The molecule has 0 spiro atoms. The second-order valence-corrected chi connectivity index (χ2v) is 7.43. The maximum Gasteiger partial charge on any atom is 0.422 e. The standard InChI is InChI=1S/C23H27F3N4O2/c1-2-27-22(28-13-17-7-9-20(10-8-17)32-16-23(24,25)26)29-14-21(31)30-12-11-18-5-3-4-6-19(18)15-30/h3-10H,2,11-16H2,1H3,(H2,27,28,29). The Labute approximate surface area is 185 Å². The maximum absolute atomic E-state index is 12.6. The minimum atomic E-state index is -4.37. The van der Waals surface area contributed by atoms with Crippen molar-refractivity contribution in [3.63, 3.8) is 0 Å². The van der Waals surface area contributed by atoms with E-state index in [0.29, 0.717) is 32.1 Å². The number of ether oxygens (including phenoxy) is 1. The summed E-state index contributed by atoms with van der Waals surface area (Å²) >= 11 is 0. The highest BCUT2D eigenvalue weighted by Gasteiger charge is 2.28. The minimum absolute atomic E-state index is 0.00345. The number of amides is 1. The van der Waals surface area contributed by atoms with E-state index in [0.717, 1.165) is 12.0 Å². The minimum Gasteiger partial charge on any atom is -0.484 e. The van der Waals surface area contributed by atoms with Gasteiger partial charge >= 0.3 is 6.18 Å². The number of carbonyl (C=O) groups excluding carboxylic acids is 1. The smallest absolute Gasteiger partial charge is 0.422 e. The molecule has 1 aliphatic heterocycles. The van der Waals surface area contributed by atoms with Crippen molar-refractivity contribution in [3.8, 4) is 5.75 Å². The van der Waals surface area contributed by atoms with Gasteiger partial charge in [0.05, 0.1) is 13.1 Å². The average molecular weight is 448 g/mol. The number of halogens is 3. The molecule has 3 rings (SSSR count). The lowest BCUT2D eigenvalue weighted by molar-refractivity contribution is -0.153. The molecule has 0 aliphatic carbocycles. The molecule has 172 valence electrons. The zero-order chi connectivity index (χ0) is 23.0. The first-order chi connectivity index (χ1) is 15.3. The van der Waals surface area contributed by atoms with E-state index in [1.807, 2.05) is 30.0 Å². The Bertz CT molecular complexity index is 930. The second-order valence-electron chi connectivity index (χ2n) is 7.43. The molecule has 0 radical (unpaired) electrons. The fourth-order valence-corrected chi connectivity index (χ4v) is 3.35. The summed E-state index contributed by atoms with van der Waals surface area (Å²) in [5.74, 6) is 0.640. The molecule has 0 saturated heterocycles. The molecule has 0 aromatic heterocycles. The van der Waals surface area contributed by atoms with Crippen molar-refractivity contribution in [3.05, 3.63) is 65.2 Å². The van der Waals surface area contributed by atoms with E-state index in [-0.39, 0.29) is 18.2 Å². The molecule has 6 nitrogen and oxygen atoms in total. The first kappa shape index (κ1) is 23.4. The van der Waals surface area contributed by atoms with E-state index in [4.69, 9.17) is 4.74 Å². The summed E-state index contributed by atoms with van der Waals surface area (Å²) in [7, 11) is 0. The van der Waals surface area contributed by atoms with Crippen molar-refractivity contribution in [1.82, 2.24) is 15.5 Å². The lowest BCUT2D eigenvalue weighted by atomic mass is 10.00. The Hall–Kier alpha value is -3.23. The molecule has 1 aliphatic rings. The highest BCUT2D eigenvalue weighted by atomic mass is 19.4. The summed E-state index contributed by atoms with van der Waals surface area (Å²) < 4.78 is 41.4. The molecule has 0 fully saturated rings. The Morgan fingerprint density at radius 1 is 1.09 bits per heavy atom. The number of rotatable bonds is 7. The molecule has 2 N–H and O–H groups in total. The number of alkyl halides is 3. The van der Waals surface area contributed by atoms with E-state index in [9.17, 15) is 18.0 Å². The van der Waals surface area contributed by atoms with Crippen LogP contribution in [0.15, 0.2) is 53.5 Å². The summed E-state index contributed by atoms with van der Waals surface area (Å²) in [4.78, 5) is 18.9. The fourth-order valence-electron chi connectivity index (χ4n) is 3.35. The van der Waals surface area contributed by atoms with Gasteiger partial charge < -0.3 is 20.3 Å². The molecule has 1 amide bonds. The van der Waals surface area contributed by atoms with Crippen LogP contribution in [0, 0.1) is 0 Å². The summed E-state index contributed by atoms with van der Waals surface area (Å²) in [6.07, 6.45) is -3.52. The molecule has 2 aromatic rings. The van der Waals surface area contributed by atoms with Crippen LogP contribution in [0.25, 0.3) is 0 Å². The van der Waals surface area contributed by atoms with Crippen molar-refractivity contribution >= 4 is 11.9 Å². The Morgan fingerprint density at radius 3 is 2.50 bits per heavy atom. The van der Waals surface area contributed by atoms with Gasteiger partial charge in [0.2, 0.25) is 5.91 Å². The Balaban J connectivity index is 1.51. The van der Waals surface area contributed by atoms with Gasteiger partial charge in [-0.3, -0.25) is 4.79 Å². The number of hydrogen-bond donors (Lipinski definition) is 2. The van der Waals surface area contributed by atoms with Crippen LogP contribution in [0.5, 0.6) is 5.75 Å². The fraction of sp³-hybridized carbons (Fsp3) is 0.391. The number of fused-ring (bicyclic) bond motifs is 1. The molecule has 0 saturated carbocycles. The van der Waals surface area contributed by atoms with Crippen molar-refractivity contribution in [2.24, 2.45) is 4.99 Å². The topological polar surface area (TPSA) is 66.0 Å². The van der Waals surface area contributed by atoms with Crippen LogP contribution >= 0.6 is 0 Å². The number of hydrogen-bond acceptors (Lipinski definition) is 3. The summed E-state index contributed by atoms with van der Waals surface area (Å²) in [5, 5.41) is 6.15. The van der Waals surface area contributed by atoms with Gasteiger partial charge in [-0.05, 0) is 42.2 Å². The summed E-state index contributed by atoms with van der Waals surface area (Å²) in [6.45, 7) is 2.95. The normalized spacial score (nSPS) is 14.0. The van der Waals surface area contributed by atoms with Crippen LogP contribution in [-0.4, -0.2) is 49.2 Å². The zero-order valence-electron chi connectivity index (χ0n) is 17.9. The third kappa shape index (κ3) is 7.18. The number of guanidine groups is 1. The zero-order valence-corrected chi connectivity index (χ0v) is 17.9. The molecule has 0 atom stereocenters. The number of benzene rings is 2. The summed E-state index contributed by atoms with van der Waals surface area (Å²) in [5.41, 5.74) is 3.27. The van der Waals surface area contributed by atoms with Crippen LogP contribution in [0.3, 0.4) is 0 Å². The van der Waals surface area contributed by atoms with Gasteiger partial charge in [0, 0.05) is 19.6 Å². The number of carbonyl (C=O) groups is 1. The largest absolute Gasteiger partial charge is 0.484 e. The van der Waals surface area contributed by atoms with Gasteiger partial charge in [0.25, 0.3) is 0 Å². The van der Waals surface area contributed by atoms with E-state index < -0.39 is 12.8 Å². The van der Waals surface area contributed by atoms with Gasteiger partial charge in [-0.15, -0.1) is 0 Å². The van der Waals surface area contributed by atoms with Gasteiger partial charge in [0.15, 0.2) is 12.6 Å². The van der Waals surface area contributed by atoms with Gasteiger partial charge in [-0.25, -0.2) is 4.99 Å². The SMILES string of the molecule is CCNC(=NCc1ccc(OCC(F)(F)F)cc1)NCC(=O)N1CCc2ccccc2C1. The molecular formula is C23H27F3N4O2. The summed E-state index contributed by atoms with van der Waals surface area (Å²) in [6, 6.07) is 14.4. The van der Waals surface area contributed by atoms with E-state index in [1.54, 1.807) is 12.1 Å². The van der Waals surface area contributed by atoms with Crippen LogP contribution in [0.1, 0.15) is 23.6 Å². The third-order valence-electron chi connectivity index (χ3n) is 4.98. The number of nitrogens with zero attached hydrogens (tertiary/aromatic N) is 2. The molecule has 0 unspecified atom stereocenters. The lowest BCUT2D eigenvalue weighted by Crippen LogP contribution is -2.45. The van der Waals surface area contributed by atoms with Crippen LogP contribution in [0.4, 0.5) is 13.2 Å². The second kappa shape index (κ2) is 10.9. The van der Waals surface area contributed by atoms with Gasteiger partial charge in [-0.2, -0.15) is 13.2 Å². The van der Waals surface area contributed by atoms with Crippen LogP contribution in [-0.2, 0) is 24.3 Å². The Morgan fingerprint density at radius 2 is 1.81 bits per heavy atom. The highest BCUT2D eigenvalue weighted by Crippen LogP contribution is 2.19. The molecular weight excluding hydrogens is 421 g/mol. The van der Waals surface area contributed by atoms with Crippen LogP contribution < -0.4 is 15.4 Å². The first-order valence-corrected chi connectivity index (χ1v) is 10.5. The quantitative estimate of drug-likeness (QED) is 0.504. The van der Waals surface area contributed by atoms with E-state index in [2.05, 4.69) is 21.7 Å². The maximum atomic E-state index is 12.6. The predicted octanol–water partition coefficient (Wildman–Crippen LogP) is 3.27. The van der Waals surface area contributed by atoms with Crippen molar-refractivity contribution in [2.75, 3.05) is 26.2 Å². The van der Waals surface area contributed by atoms with Crippen molar-refractivity contribution in [2.45, 2.75) is 32.6 Å². The van der Waals surface area contributed by atoms with Crippen molar-refractivity contribution < 1.29 is 22.7 Å². The molecule has 9 heteroatoms. The van der Waals surface area contributed by atoms with E-state index in [1.165, 1.54) is 23.3 Å². The molecule has 2 aromatic carbocycles.